The summed E-state index contributed by atoms with van der Waals surface area (Å²) in [7, 11) is 0. The number of esters is 1. The van der Waals surface area contributed by atoms with Gasteiger partial charge in [0.2, 0.25) is 0 Å². The Balaban J connectivity index is 2.61. The van der Waals surface area contributed by atoms with Crippen LogP contribution >= 0.6 is 0 Å². The summed E-state index contributed by atoms with van der Waals surface area (Å²) < 4.78 is 5.17. The molecule has 0 aliphatic carbocycles. The molecule has 1 atom stereocenters. The van der Waals surface area contributed by atoms with E-state index in [4.69, 9.17) is 10.5 Å². The highest BCUT2D eigenvalue weighted by atomic mass is 16.6. The van der Waals surface area contributed by atoms with Crippen LogP contribution in [0.2, 0.25) is 0 Å². The van der Waals surface area contributed by atoms with E-state index in [2.05, 4.69) is 6.92 Å². The Morgan fingerprint density at radius 3 is 2.24 bits per heavy atom. The van der Waals surface area contributed by atoms with E-state index in [1.54, 1.807) is 32.9 Å². The highest BCUT2D eigenvalue weighted by Crippen LogP contribution is 2.12. The van der Waals surface area contributed by atoms with Crippen LogP contribution in [0.5, 0.6) is 0 Å². The number of ether oxygens (including phenoxy) is 1. The maximum absolute atomic E-state index is 12.1. The first-order valence-corrected chi connectivity index (χ1v) is 7.33. The first-order valence-electron chi connectivity index (χ1n) is 7.33. The zero-order valence-electron chi connectivity index (χ0n) is 13.3. The third-order valence-corrected chi connectivity index (χ3v) is 2.93. The van der Waals surface area contributed by atoms with E-state index in [0.29, 0.717) is 5.56 Å². The molecule has 0 aliphatic heterocycles. The number of hydrogen-bond donors (Lipinski definition) is 1. The van der Waals surface area contributed by atoms with E-state index in [1.807, 2.05) is 12.1 Å². The van der Waals surface area contributed by atoms with E-state index in [-0.39, 0.29) is 12.2 Å². The smallest absolute Gasteiger partial charge is 0.323 e. The number of hydrogen-bond acceptors (Lipinski definition) is 4. The molecule has 21 heavy (non-hydrogen) atoms. The van der Waals surface area contributed by atoms with Gasteiger partial charge in [-0.05, 0) is 32.8 Å². The Kier molecular flexibility index (Phi) is 6.09. The molecule has 1 unspecified atom stereocenters. The second-order valence-electron chi connectivity index (χ2n) is 6.21. The minimum Gasteiger partial charge on any atom is -0.459 e. The fourth-order valence-corrected chi connectivity index (χ4v) is 1.92. The summed E-state index contributed by atoms with van der Waals surface area (Å²) >= 11 is 0. The van der Waals surface area contributed by atoms with Gasteiger partial charge in [-0.1, -0.05) is 37.6 Å². The molecule has 0 bridgehead atoms. The number of rotatable bonds is 6. The van der Waals surface area contributed by atoms with Crippen molar-refractivity contribution in [3.8, 4) is 0 Å². The van der Waals surface area contributed by atoms with Gasteiger partial charge in [-0.15, -0.1) is 0 Å². The predicted octanol–water partition coefficient (Wildman–Crippen LogP) is 2.88. The number of ketones is 1. The predicted molar refractivity (Wildman–Crippen MR) is 83.2 cm³/mol. The molecule has 0 heterocycles. The molecular formula is C17H25NO3. The van der Waals surface area contributed by atoms with Crippen molar-refractivity contribution in [1.82, 2.24) is 0 Å². The minimum absolute atomic E-state index is 0.0396. The summed E-state index contributed by atoms with van der Waals surface area (Å²) in [6.07, 6.45) is 2.02. The Bertz CT molecular complexity index is 486. The lowest BCUT2D eigenvalue weighted by Crippen LogP contribution is -2.38. The third-order valence-electron chi connectivity index (χ3n) is 2.93. The minimum atomic E-state index is -0.924. The highest BCUT2D eigenvalue weighted by molar-refractivity contribution is 5.98. The lowest BCUT2D eigenvalue weighted by atomic mass is 10.0. The van der Waals surface area contributed by atoms with Crippen molar-refractivity contribution < 1.29 is 14.3 Å². The molecule has 0 radical (unpaired) electrons. The van der Waals surface area contributed by atoms with Crippen molar-refractivity contribution in [3.63, 3.8) is 0 Å². The summed E-state index contributed by atoms with van der Waals surface area (Å²) in [5.74, 6) is -0.685. The largest absolute Gasteiger partial charge is 0.459 e. The van der Waals surface area contributed by atoms with Crippen LogP contribution in [0.25, 0.3) is 0 Å². The second kappa shape index (κ2) is 7.36. The molecule has 1 rings (SSSR count). The number of carbonyl (C=O) groups is 2. The fraction of sp³-hybridized carbons (Fsp3) is 0.529. The molecule has 0 saturated heterocycles. The summed E-state index contributed by atoms with van der Waals surface area (Å²) in [6, 6.07) is 6.53. The number of benzene rings is 1. The van der Waals surface area contributed by atoms with Crippen molar-refractivity contribution in [2.24, 2.45) is 5.73 Å². The van der Waals surface area contributed by atoms with Crippen LogP contribution in [-0.4, -0.2) is 23.4 Å². The van der Waals surface area contributed by atoms with Gasteiger partial charge >= 0.3 is 5.97 Å². The molecule has 1 aromatic carbocycles. The number of carbonyl (C=O) groups excluding carboxylic acids is 2. The first-order chi connectivity index (χ1) is 9.73. The van der Waals surface area contributed by atoms with Crippen molar-refractivity contribution >= 4 is 11.8 Å². The van der Waals surface area contributed by atoms with Gasteiger partial charge in [-0.2, -0.15) is 0 Å². The van der Waals surface area contributed by atoms with E-state index in [1.165, 1.54) is 5.56 Å². The lowest BCUT2D eigenvalue weighted by molar-refractivity contribution is -0.156. The SMILES string of the molecule is CCCc1ccc(C(=O)CC(N)C(=O)OC(C)(C)C)cc1. The summed E-state index contributed by atoms with van der Waals surface area (Å²) in [6.45, 7) is 7.42. The maximum Gasteiger partial charge on any atom is 0.323 e. The molecular weight excluding hydrogens is 266 g/mol. The number of Topliss-reactive ketones (excluding diaryl/α,β-unsaturated/α-hetero) is 1. The molecule has 0 fully saturated rings. The summed E-state index contributed by atoms with van der Waals surface area (Å²) in [4.78, 5) is 23.9. The number of nitrogens with two attached hydrogens (primary N) is 1. The molecule has 0 aliphatic rings. The summed E-state index contributed by atoms with van der Waals surface area (Å²) in [5.41, 5.74) is 6.92. The van der Waals surface area contributed by atoms with Crippen LogP contribution in [0.4, 0.5) is 0 Å². The van der Waals surface area contributed by atoms with Crippen molar-refractivity contribution in [1.29, 1.82) is 0 Å². The molecule has 4 heteroatoms. The van der Waals surface area contributed by atoms with Crippen molar-refractivity contribution in [3.05, 3.63) is 35.4 Å². The van der Waals surface area contributed by atoms with Crippen LogP contribution in [-0.2, 0) is 16.0 Å². The van der Waals surface area contributed by atoms with Gasteiger partial charge in [0.1, 0.15) is 11.6 Å². The van der Waals surface area contributed by atoms with E-state index < -0.39 is 17.6 Å². The molecule has 0 spiro atoms. The molecule has 116 valence electrons. The highest BCUT2D eigenvalue weighted by Gasteiger charge is 2.24. The molecule has 0 amide bonds. The maximum atomic E-state index is 12.1. The number of aryl methyl sites for hydroxylation is 1. The fourth-order valence-electron chi connectivity index (χ4n) is 1.92. The molecule has 2 N–H and O–H groups in total. The van der Waals surface area contributed by atoms with Gasteiger partial charge in [0, 0.05) is 12.0 Å². The lowest BCUT2D eigenvalue weighted by Gasteiger charge is -2.21. The average Bonchev–Trinajstić information content (AvgIpc) is 2.37. The van der Waals surface area contributed by atoms with Crippen molar-refractivity contribution in [2.45, 2.75) is 58.6 Å². The van der Waals surface area contributed by atoms with Gasteiger partial charge in [0.15, 0.2) is 5.78 Å². The monoisotopic (exact) mass is 291 g/mol. The van der Waals surface area contributed by atoms with Crippen LogP contribution in [0, 0.1) is 0 Å². The molecule has 0 aromatic heterocycles. The van der Waals surface area contributed by atoms with Gasteiger partial charge in [-0.25, -0.2) is 0 Å². The van der Waals surface area contributed by atoms with Crippen LogP contribution in [0.1, 0.15) is 56.5 Å². The quantitative estimate of drug-likeness (QED) is 0.646. The Labute approximate surface area is 126 Å². The standard InChI is InChI=1S/C17H25NO3/c1-5-6-12-7-9-13(10-8-12)15(19)11-14(18)16(20)21-17(2,3)4/h7-10,14H,5-6,11,18H2,1-4H3. The zero-order chi connectivity index (χ0) is 16.0. The normalized spacial score (nSPS) is 12.8. The summed E-state index contributed by atoms with van der Waals surface area (Å²) in [5, 5.41) is 0. The van der Waals surface area contributed by atoms with Crippen LogP contribution in [0.3, 0.4) is 0 Å². The average molecular weight is 291 g/mol. The van der Waals surface area contributed by atoms with Crippen LogP contribution in [0.15, 0.2) is 24.3 Å². The van der Waals surface area contributed by atoms with E-state index in [9.17, 15) is 9.59 Å². The van der Waals surface area contributed by atoms with Crippen molar-refractivity contribution in [2.75, 3.05) is 0 Å². The third kappa shape index (κ3) is 6.08. The van der Waals surface area contributed by atoms with Gasteiger partial charge < -0.3 is 10.5 Å². The molecule has 0 saturated carbocycles. The topological polar surface area (TPSA) is 69.4 Å². The first kappa shape index (κ1) is 17.4. The van der Waals surface area contributed by atoms with Gasteiger partial charge in [-0.3, -0.25) is 9.59 Å². The Morgan fingerprint density at radius 1 is 1.19 bits per heavy atom. The van der Waals surface area contributed by atoms with E-state index in [0.717, 1.165) is 12.8 Å². The Morgan fingerprint density at radius 2 is 1.76 bits per heavy atom. The van der Waals surface area contributed by atoms with E-state index >= 15 is 0 Å². The zero-order valence-corrected chi connectivity index (χ0v) is 13.3. The molecule has 4 nitrogen and oxygen atoms in total. The van der Waals surface area contributed by atoms with Gasteiger partial charge in [0.25, 0.3) is 0 Å². The molecule has 1 aromatic rings. The second-order valence-corrected chi connectivity index (χ2v) is 6.21. The Hall–Kier alpha value is -1.68. The van der Waals surface area contributed by atoms with Gasteiger partial charge in [0.05, 0.1) is 0 Å². The van der Waals surface area contributed by atoms with Crippen LogP contribution < -0.4 is 5.73 Å².